The van der Waals surface area contributed by atoms with Crippen LogP contribution in [0.2, 0.25) is 0 Å². The maximum Gasteiger partial charge on any atom is 0.429 e. The Morgan fingerprint density at radius 2 is 1.53 bits per heavy atom. The van der Waals surface area contributed by atoms with E-state index >= 15 is 0 Å². The van der Waals surface area contributed by atoms with E-state index in [0.717, 1.165) is 37.3 Å². The number of hydrogen-bond donors (Lipinski definition) is 0. The molecular weight excluding hydrogens is 425 g/mol. The number of ether oxygens (including phenoxy) is 1. The van der Waals surface area contributed by atoms with Crippen LogP contribution in [-0.2, 0) is 12.5 Å². The molecule has 2 aromatic rings. The van der Waals surface area contributed by atoms with Crippen molar-refractivity contribution in [1.29, 1.82) is 5.26 Å². The van der Waals surface area contributed by atoms with E-state index in [1.165, 1.54) is 37.8 Å². The number of nitriles is 1. The third-order valence-corrected chi connectivity index (χ3v) is 6.23. The molecule has 0 bridgehead atoms. The molecule has 0 atom stereocenters. The molecular formula is C25H26F5NO. The second kappa shape index (κ2) is 10.3. The molecule has 0 saturated heterocycles. The van der Waals surface area contributed by atoms with E-state index in [1.54, 1.807) is 0 Å². The zero-order valence-corrected chi connectivity index (χ0v) is 17.9. The lowest BCUT2D eigenvalue weighted by Crippen LogP contribution is -2.24. The average molecular weight is 451 g/mol. The van der Waals surface area contributed by atoms with Crippen LogP contribution >= 0.6 is 0 Å². The molecule has 0 radical (unpaired) electrons. The summed E-state index contributed by atoms with van der Waals surface area (Å²) in [6.45, 7) is 2.19. The van der Waals surface area contributed by atoms with E-state index in [1.807, 2.05) is 0 Å². The van der Waals surface area contributed by atoms with Crippen LogP contribution in [0, 0.1) is 40.6 Å². The summed E-state index contributed by atoms with van der Waals surface area (Å²) in [5, 5.41) is 8.65. The van der Waals surface area contributed by atoms with Gasteiger partial charge in [0.05, 0.1) is 5.56 Å². The fraction of sp³-hybridized carbons (Fsp3) is 0.480. The van der Waals surface area contributed by atoms with E-state index in [4.69, 9.17) is 5.26 Å². The standard InChI is InChI=1S/C25H26F5NO/c1-2-3-16-4-6-17(7-5-16)8-9-18-10-11-21(24(28)12-18)25(29,30)32-19-13-22(26)20(15-31)23(27)14-19/h10-14,16-17H,2-9H2,1H3. The Morgan fingerprint density at radius 3 is 2.06 bits per heavy atom. The van der Waals surface area contributed by atoms with Crippen LogP contribution in [0.15, 0.2) is 30.3 Å². The number of nitrogens with zero attached hydrogens (tertiary/aromatic N) is 1. The molecule has 0 N–H and O–H groups in total. The first-order chi connectivity index (χ1) is 15.2. The molecule has 7 heteroatoms. The topological polar surface area (TPSA) is 33.0 Å². The first kappa shape index (κ1) is 24.0. The fourth-order valence-corrected chi connectivity index (χ4v) is 4.46. The second-order valence-electron chi connectivity index (χ2n) is 8.52. The average Bonchev–Trinajstić information content (AvgIpc) is 2.73. The molecule has 32 heavy (non-hydrogen) atoms. The van der Waals surface area contributed by atoms with Gasteiger partial charge in [-0.25, -0.2) is 13.2 Å². The van der Waals surface area contributed by atoms with Gasteiger partial charge in [0.1, 0.15) is 34.8 Å². The van der Waals surface area contributed by atoms with Gasteiger partial charge in [0, 0.05) is 12.1 Å². The summed E-state index contributed by atoms with van der Waals surface area (Å²) in [6.07, 6.45) is 4.52. The van der Waals surface area contributed by atoms with Crippen LogP contribution in [0.4, 0.5) is 22.0 Å². The van der Waals surface area contributed by atoms with Gasteiger partial charge in [-0.15, -0.1) is 0 Å². The first-order valence-corrected chi connectivity index (χ1v) is 11.0. The van der Waals surface area contributed by atoms with Crippen molar-refractivity contribution >= 4 is 0 Å². The van der Waals surface area contributed by atoms with Crippen LogP contribution in [0.1, 0.15) is 68.6 Å². The maximum absolute atomic E-state index is 14.5. The highest BCUT2D eigenvalue weighted by molar-refractivity contribution is 5.38. The Balaban J connectivity index is 1.63. The highest BCUT2D eigenvalue weighted by Gasteiger charge is 2.38. The smallest absolute Gasteiger partial charge is 0.429 e. The molecule has 0 spiro atoms. The maximum atomic E-state index is 14.5. The number of benzene rings is 2. The number of aryl methyl sites for hydroxylation is 1. The van der Waals surface area contributed by atoms with Crippen molar-refractivity contribution in [1.82, 2.24) is 0 Å². The van der Waals surface area contributed by atoms with Crippen molar-refractivity contribution in [3.05, 3.63) is 64.5 Å². The van der Waals surface area contributed by atoms with Crippen LogP contribution in [0.25, 0.3) is 0 Å². The summed E-state index contributed by atoms with van der Waals surface area (Å²) in [5.41, 5.74) is -1.31. The van der Waals surface area contributed by atoms with Gasteiger partial charge in [-0.05, 0) is 42.4 Å². The Labute approximate surface area is 185 Å². The van der Waals surface area contributed by atoms with Gasteiger partial charge in [0.25, 0.3) is 0 Å². The number of alkyl halides is 2. The monoisotopic (exact) mass is 451 g/mol. The van der Waals surface area contributed by atoms with E-state index in [9.17, 15) is 22.0 Å². The van der Waals surface area contributed by atoms with Gasteiger partial charge in [-0.3, -0.25) is 0 Å². The SMILES string of the molecule is CCCC1CCC(CCc2ccc(C(F)(F)Oc3cc(F)c(C#N)c(F)c3)c(F)c2)CC1. The molecule has 3 rings (SSSR count). The molecule has 1 saturated carbocycles. The molecule has 172 valence electrons. The normalized spacial score (nSPS) is 18.9. The van der Waals surface area contributed by atoms with Gasteiger partial charge in [0.15, 0.2) is 0 Å². The Hall–Kier alpha value is -2.62. The fourth-order valence-electron chi connectivity index (χ4n) is 4.46. The lowest BCUT2D eigenvalue weighted by molar-refractivity contribution is -0.187. The molecule has 1 aliphatic rings. The predicted octanol–water partition coefficient (Wildman–Crippen LogP) is 7.64. The lowest BCUT2D eigenvalue weighted by Gasteiger charge is -2.28. The van der Waals surface area contributed by atoms with E-state index < -0.39 is 40.4 Å². The molecule has 0 unspecified atom stereocenters. The van der Waals surface area contributed by atoms with Crippen molar-refractivity contribution in [3.63, 3.8) is 0 Å². The van der Waals surface area contributed by atoms with Crippen molar-refractivity contribution in [3.8, 4) is 11.8 Å². The van der Waals surface area contributed by atoms with E-state index in [0.29, 0.717) is 30.0 Å². The molecule has 1 aliphatic carbocycles. The number of halogens is 5. The largest absolute Gasteiger partial charge is 0.429 e. The summed E-state index contributed by atoms with van der Waals surface area (Å²) in [5.74, 6) is -3.29. The second-order valence-corrected chi connectivity index (χ2v) is 8.52. The van der Waals surface area contributed by atoms with Gasteiger partial charge >= 0.3 is 6.11 Å². The van der Waals surface area contributed by atoms with Gasteiger partial charge < -0.3 is 4.74 Å². The summed E-state index contributed by atoms with van der Waals surface area (Å²) in [4.78, 5) is 0. The summed E-state index contributed by atoms with van der Waals surface area (Å²) in [6, 6.07) is 5.67. The van der Waals surface area contributed by atoms with Crippen molar-refractivity contribution in [2.24, 2.45) is 11.8 Å². The first-order valence-electron chi connectivity index (χ1n) is 11.0. The highest BCUT2D eigenvalue weighted by Crippen LogP contribution is 2.36. The van der Waals surface area contributed by atoms with Crippen molar-refractivity contribution < 1.29 is 26.7 Å². The van der Waals surface area contributed by atoms with Gasteiger partial charge in [-0.2, -0.15) is 14.0 Å². The lowest BCUT2D eigenvalue weighted by atomic mass is 9.78. The van der Waals surface area contributed by atoms with Crippen LogP contribution in [-0.4, -0.2) is 0 Å². The molecule has 2 nitrogen and oxygen atoms in total. The summed E-state index contributed by atoms with van der Waals surface area (Å²) < 4.78 is 75.2. The van der Waals surface area contributed by atoms with Crippen LogP contribution < -0.4 is 4.74 Å². The van der Waals surface area contributed by atoms with E-state index in [2.05, 4.69) is 11.7 Å². The third-order valence-electron chi connectivity index (χ3n) is 6.23. The minimum Gasteiger partial charge on any atom is -0.429 e. The molecule has 0 heterocycles. The zero-order chi connectivity index (χ0) is 23.3. The Morgan fingerprint density at radius 1 is 0.938 bits per heavy atom. The summed E-state index contributed by atoms with van der Waals surface area (Å²) in [7, 11) is 0. The molecule has 1 fully saturated rings. The quantitative estimate of drug-likeness (QED) is 0.386. The molecule has 2 aromatic carbocycles. The predicted molar refractivity (Wildman–Crippen MR) is 111 cm³/mol. The Bertz CT molecular complexity index is 954. The van der Waals surface area contributed by atoms with Crippen LogP contribution in [0.3, 0.4) is 0 Å². The molecule has 0 aromatic heterocycles. The minimum absolute atomic E-state index is 0.469. The van der Waals surface area contributed by atoms with Gasteiger partial charge in [-0.1, -0.05) is 51.5 Å². The van der Waals surface area contributed by atoms with E-state index in [-0.39, 0.29) is 0 Å². The zero-order valence-electron chi connectivity index (χ0n) is 17.9. The van der Waals surface area contributed by atoms with Crippen LogP contribution in [0.5, 0.6) is 5.75 Å². The number of rotatable bonds is 8. The molecule has 0 amide bonds. The van der Waals surface area contributed by atoms with Crippen molar-refractivity contribution in [2.75, 3.05) is 0 Å². The molecule has 0 aliphatic heterocycles. The minimum atomic E-state index is -4.15. The number of hydrogen-bond acceptors (Lipinski definition) is 2. The highest BCUT2D eigenvalue weighted by atomic mass is 19.3. The summed E-state index contributed by atoms with van der Waals surface area (Å²) >= 11 is 0. The third kappa shape index (κ3) is 5.79. The van der Waals surface area contributed by atoms with Gasteiger partial charge in [0.2, 0.25) is 0 Å². The van der Waals surface area contributed by atoms with Crippen molar-refractivity contribution in [2.45, 2.75) is 64.4 Å². The Kier molecular flexibility index (Phi) is 7.76.